The fourth-order valence-corrected chi connectivity index (χ4v) is 3.01. The maximum absolute atomic E-state index is 12.3. The van der Waals surface area contributed by atoms with Crippen molar-refractivity contribution in [1.82, 2.24) is 4.90 Å². The summed E-state index contributed by atoms with van der Waals surface area (Å²) in [6.45, 7) is 2.59. The molecule has 0 fully saturated rings. The Kier molecular flexibility index (Phi) is 5.47. The first-order chi connectivity index (χ1) is 11.0. The highest BCUT2D eigenvalue weighted by molar-refractivity contribution is 5.78. The molecule has 0 saturated heterocycles. The number of fused-ring (bicyclic) bond motifs is 1. The summed E-state index contributed by atoms with van der Waals surface area (Å²) in [5.41, 5.74) is 2.19. The van der Waals surface area contributed by atoms with E-state index in [1.54, 1.807) is 19.1 Å². The fourth-order valence-electron chi connectivity index (χ4n) is 3.01. The van der Waals surface area contributed by atoms with Crippen LogP contribution in [0, 0.1) is 0 Å². The van der Waals surface area contributed by atoms with Gasteiger partial charge in [0.15, 0.2) is 11.5 Å². The molecule has 1 heterocycles. The maximum Gasteiger partial charge on any atom is 0.223 e. The van der Waals surface area contributed by atoms with E-state index in [2.05, 4.69) is 0 Å². The van der Waals surface area contributed by atoms with Crippen molar-refractivity contribution in [3.05, 3.63) is 23.3 Å². The van der Waals surface area contributed by atoms with Crippen molar-refractivity contribution >= 4 is 11.9 Å². The number of carbonyl (C=O) groups excluding carboxylic acids is 2. The molecule has 1 aromatic rings. The maximum atomic E-state index is 12.3. The molecule has 0 aromatic heterocycles. The van der Waals surface area contributed by atoms with Gasteiger partial charge in [0.05, 0.1) is 20.3 Å². The lowest BCUT2D eigenvalue weighted by Gasteiger charge is -2.36. The summed E-state index contributed by atoms with van der Waals surface area (Å²) in [7, 11) is 3.18. The SMILES string of the molecule is COc1cc2c(cc1OC)[C@@H](C)N(C(=O)CCCC(=O)[O-])CC2. The molecule has 23 heavy (non-hydrogen) atoms. The molecule has 0 radical (unpaired) electrons. The molecule has 0 N–H and O–H groups in total. The number of ether oxygens (including phenoxy) is 2. The molecule has 0 aliphatic carbocycles. The summed E-state index contributed by atoms with van der Waals surface area (Å²) in [4.78, 5) is 24.6. The van der Waals surface area contributed by atoms with Crippen LogP contribution < -0.4 is 14.6 Å². The van der Waals surface area contributed by atoms with Crippen molar-refractivity contribution in [1.29, 1.82) is 0 Å². The monoisotopic (exact) mass is 320 g/mol. The molecule has 1 amide bonds. The standard InChI is InChI=1S/C17H23NO5/c1-11-13-10-15(23-3)14(22-2)9-12(13)7-8-18(11)16(19)5-4-6-17(20)21/h9-11H,4-8H2,1-3H3,(H,20,21)/p-1/t11-/m1/s1. The van der Waals surface area contributed by atoms with Crippen molar-refractivity contribution < 1.29 is 24.2 Å². The summed E-state index contributed by atoms with van der Waals surface area (Å²) in [6, 6.07) is 3.80. The lowest BCUT2D eigenvalue weighted by atomic mass is 9.92. The van der Waals surface area contributed by atoms with E-state index < -0.39 is 5.97 Å². The Morgan fingerprint density at radius 2 is 1.87 bits per heavy atom. The Hall–Kier alpha value is -2.24. The van der Waals surface area contributed by atoms with Crippen LogP contribution in [0.25, 0.3) is 0 Å². The van der Waals surface area contributed by atoms with Gasteiger partial charge in [-0.1, -0.05) is 0 Å². The highest BCUT2D eigenvalue weighted by atomic mass is 16.5. The van der Waals surface area contributed by atoms with Gasteiger partial charge in [-0.05, 0) is 49.4 Å². The van der Waals surface area contributed by atoms with Gasteiger partial charge in [-0.25, -0.2) is 0 Å². The van der Waals surface area contributed by atoms with Crippen LogP contribution in [0.4, 0.5) is 0 Å². The third-order valence-electron chi connectivity index (χ3n) is 4.28. The number of methoxy groups -OCH3 is 2. The van der Waals surface area contributed by atoms with Gasteiger partial charge in [0.2, 0.25) is 5.91 Å². The first-order valence-corrected chi connectivity index (χ1v) is 7.72. The van der Waals surface area contributed by atoms with E-state index in [4.69, 9.17) is 9.47 Å². The van der Waals surface area contributed by atoms with Crippen molar-refractivity contribution in [3.63, 3.8) is 0 Å². The summed E-state index contributed by atoms with van der Waals surface area (Å²) >= 11 is 0. The minimum absolute atomic E-state index is 0.0285. The van der Waals surface area contributed by atoms with E-state index in [9.17, 15) is 14.7 Å². The molecule has 6 nitrogen and oxygen atoms in total. The minimum atomic E-state index is -1.12. The van der Waals surface area contributed by atoms with E-state index in [0.29, 0.717) is 24.5 Å². The Balaban J connectivity index is 2.15. The molecular formula is C17H22NO5-. The average molecular weight is 320 g/mol. The van der Waals surface area contributed by atoms with Crippen LogP contribution in [0.1, 0.15) is 43.4 Å². The zero-order chi connectivity index (χ0) is 17.0. The topological polar surface area (TPSA) is 78.9 Å². The van der Waals surface area contributed by atoms with E-state index in [0.717, 1.165) is 17.5 Å². The van der Waals surface area contributed by atoms with Gasteiger partial charge in [0, 0.05) is 18.9 Å². The predicted octanol–water partition coefficient (Wildman–Crippen LogP) is 1.07. The zero-order valence-electron chi connectivity index (χ0n) is 13.8. The van der Waals surface area contributed by atoms with Crippen molar-refractivity contribution in [3.8, 4) is 11.5 Å². The van der Waals surface area contributed by atoms with Gasteiger partial charge in [-0.15, -0.1) is 0 Å². The number of carboxylic acid groups (broad SMARTS) is 1. The van der Waals surface area contributed by atoms with Crippen LogP contribution in [-0.4, -0.2) is 37.5 Å². The normalized spacial score (nSPS) is 16.7. The number of nitrogens with zero attached hydrogens (tertiary/aromatic N) is 1. The number of hydrogen-bond donors (Lipinski definition) is 0. The van der Waals surface area contributed by atoms with Gasteiger partial charge >= 0.3 is 0 Å². The number of aliphatic carboxylic acids is 1. The van der Waals surface area contributed by atoms with Crippen molar-refractivity contribution in [2.24, 2.45) is 0 Å². The Morgan fingerprint density at radius 3 is 2.48 bits per heavy atom. The second-order valence-electron chi connectivity index (χ2n) is 5.64. The Bertz CT molecular complexity index is 599. The second-order valence-corrected chi connectivity index (χ2v) is 5.64. The molecule has 1 aliphatic rings. The minimum Gasteiger partial charge on any atom is -0.550 e. The first-order valence-electron chi connectivity index (χ1n) is 7.72. The average Bonchev–Trinajstić information content (AvgIpc) is 2.53. The van der Waals surface area contributed by atoms with E-state index in [1.807, 2.05) is 19.1 Å². The van der Waals surface area contributed by atoms with Crippen LogP contribution in [-0.2, 0) is 16.0 Å². The van der Waals surface area contributed by atoms with Crippen LogP contribution >= 0.6 is 0 Å². The number of rotatable bonds is 6. The summed E-state index contributed by atoms with van der Waals surface area (Å²) in [5.74, 6) is 0.183. The summed E-state index contributed by atoms with van der Waals surface area (Å²) < 4.78 is 10.7. The third kappa shape index (κ3) is 3.75. The van der Waals surface area contributed by atoms with E-state index in [-0.39, 0.29) is 24.8 Å². The van der Waals surface area contributed by atoms with Crippen LogP contribution in [0.5, 0.6) is 11.5 Å². The largest absolute Gasteiger partial charge is 0.550 e. The molecule has 1 atom stereocenters. The van der Waals surface area contributed by atoms with Gasteiger partial charge < -0.3 is 24.3 Å². The highest BCUT2D eigenvalue weighted by Crippen LogP contribution is 2.38. The van der Waals surface area contributed by atoms with Crippen molar-refractivity contribution in [2.45, 2.75) is 38.6 Å². The van der Waals surface area contributed by atoms with Gasteiger partial charge in [0.25, 0.3) is 0 Å². The van der Waals surface area contributed by atoms with Gasteiger partial charge in [-0.2, -0.15) is 0 Å². The number of benzene rings is 1. The predicted molar refractivity (Wildman–Crippen MR) is 82.2 cm³/mol. The fraction of sp³-hybridized carbons (Fsp3) is 0.529. The van der Waals surface area contributed by atoms with Crippen LogP contribution in [0.15, 0.2) is 12.1 Å². The quantitative estimate of drug-likeness (QED) is 0.783. The first kappa shape index (κ1) is 17.1. The molecule has 1 aliphatic heterocycles. The molecule has 0 unspecified atom stereocenters. The third-order valence-corrected chi connectivity index (χ3v) is 4.28. The molecule has 0 spiro atoms. The molecule has 126 valence electrons. The molecule has 2 rings (SSSR count). The van der Waals surface area contributed by atoms with E-state index >= 15 is 0 Å². The second kappa shape index (κ2) is 7.35. The van der Waals surface area contributed by atoms with Crippen LogP contribution in [0.2, 0.25) is 0 Å². The number of amides is 1. The number of carboxylic acids is 1. The highest BCUT2D eigenvalue weighted by Gasteiger charge is 2.28. The molecular weight excluding hydrogens is 298 g/mol. The van der Waals surface area contributed by atoms with Crippen LogP contribution in [0.3, 0.4) is 0 Å². The molecule has 1 aromatic carbocycles. The zero-order valence-corrected chi connectivity index (χ0v) is 13.8. The molecule has 0 saturated carbocycles. The van der Waals surface area contributed by atoms with Crippen molar-refractivity contribution in [2.75, 3.05) is 20.8 Å². The molecule has 6 heteroatoms. The summed E-state index contributed by atoms with van der Waals surface area (Å²) in [6.07, 6.45) is 1.19. The summed E-state index contributed by atoms with van der Waals surface area (Å²) in [5, 5.41) is 10.5. The molecule has 0 bridgehead atoms. The smallest absolute Gasteiger partial charge is 0.223 e. The Labute approximate surface area is 136 Å². The number of hydrogen-bond acceptors (Lipinski definition) is 5. The lowest BCUT2D eigenvalue weighted by molar-refractivity contribution is -0.305. The number of carbonyl (C=O) groups is 2. The lowest BCUT2D eigenvalue weighted by Crippen LogP contribution is -2.39. The van der Waals surface area contributed by atoms with Gasteiger partial charge in [0.1, 0.15) is 0 Å². The van der Waals surface area contributed by atoms with E-state index in [1.165, 1.54) is 0 Å². The Morgan fingerprint density at radius 1 is 1.22 bits per heavy atom. The van der Waals surface area contributed by atoms with Gasteiger partial charge in [-0.3, -0.25) is 4.79 Å².